The molecule has 1 saturated carbocycles. The Hall–Kier alpha value is -0.0400. The summed E-state index contributed by atoms with van der Waals surface area (Å²) in [7, 11) is 2.07. The third-order valence-corrected chi connectivity index (χ3v) is 3.17. The standard InChI is InChI=1S/C10H21N/c1-8(11-4)9-5-6-10(2,3)7-9/h8-9,11H,5-7H2,1-4H3. The molecule has 11 heavy (non-hydrogen) atoms. The van der Waals surface area contributed by atoms with E-state index in [-0.39, 0.29) is 0 Å². The Morgan fingerprint density at radius 2 is 2.09 bits per heavy atom. The molecular weight excluding hydrogens is 134 g/mol. The highest BCUT2D eigenvalue weighted by Gasteiger charge is 2.32. The van der Waals surface area contributed by atoms with Crippen molar-refractivity contribution < 1.29 is 0 Å². The van der Waals surface area contributed by atoms with Crippen LogP contribution in [-0.2, 0) is 0 Å². The predicted octanol–water partition coefficient (Wildman–Crippen LogP) is 2.42. The fourth-order valence-corrected chi connectivity index (χ4v) is 2.15. The van der Waals surface area contributed by atoms with Crippen LogP contribution in [0.4, 0.5) is 0 Å². The Balaban J connectivity index is 2.41. The van der Waals surface area contributed by atoms with Gasteiger partial charge in [-0.05, 0) is 44.6 Å². The van der Waals surface area contributed by atoms with E-state index in [1.165, 1.54) is 19.3 Å². The van der Waals surface area contributed by atoms with Gasteiger partial charge < -0.3 is 5.32 Å². The molecule has 1 fully saturated rings. The van der Waals surface area contributed by atoms with E-state index < -0.39 is 0 Å². The van der Waals surface area contributed by atoms with Crippen LogP contribution < -0.4 is 5.32 Å². The van der Waals surface area contributed by atoms with Gasteiger partial charge in [0.2, 0.25) is 0 Å². The number of hydrogen-bond donors (Lipinski definition) is 1. The molecule has 1 rings (SSSR count). The van der Waals surface area contributed by atoms with E-state index in [2.05, 4.69) is 33.1 Å². The van der Waals surface area contributed by atoms with E-state index >= 15 is 0 Å². The highest BCUT2D eigenvalue weighted by Crippen LogP contribution is 2.42. The van der Waals surface area contributed by atoms with Crippen LogP contribution in [0.3, 0.4) is 0 Å². The maximum Gasteiger partial charge on any atom is 0.00642 e. The molecule has 0 aliphatic heterocycles. The lowest BCUT2D eigenvalue weighted by molar-refractivity contribution is 0.330. The third-order valence-electron chi connectivity index (χ3n) is 3.17. The molecule has 0 saturated heterocycles. The maximum absolute atomic E-state index is 3.34. The molecule has 1 N–H and O–H groups in total. The van der Waals surface area contributed by atoms with Crippen LogP contribution in [0.1, 0.15) is 40.0 Å². The van der Waals surface area contributed by atoms with Crippen LogP contribution in [0.25, 0.3) is 0 Å². The molecule has 0 radical (unpaired) electrons. The maximum atomic E-state index is 3.34. The minimum absolute atomic E-state index is 0.607. The molecule has 0 spiro atoms. The van der Waals surface area contributed by atoms with Crippen LogP contribution >= 0.6 is 0 Å². The Morgan fingerprint density at radius 3 is 2.45 bits per heavy atom. The van der Waals surface area contributed by atoms with Crippen LogP contribution in [0.5, 0.6) is 0 Å². The van der Waals surface area contributed by atoms with Gasteiger partial charge in [-0.15, -0.1) is 0 Å². The second-order valence-corrected chi connectivity index (χ2v) is 4.74. The quantitative estimate of drug-likeness (QED) is 0.645. The van der Waals surface area contributed by atoms with Crippen molar-refractivity contribution in [3.05, 3.63) is 0 Å². The van der Waals surface area contributed by atoms with Crippen LogP contribution in [0, 0.1) is 11.3 Å². The van der Waals surface area contributed by atoms with Crippen molar-refractivity contribution in [2.24, 2.45) is 11.3 Å². The monoisotopic (exact) mass is 155 g/mol. The molecule has 1 aliphatic rings. The van der Waals surface area contributed by atoms with Crippen molar-refractivity contribution in [2.45, 2.75) is 46.1 Å². The average molecular weight is 155 g/mol. The van der Waals surface area contributed by atoms with Crippen molar-refractivity contribution in [1.82, 2.24) is 5.32 Å². The molecular formula is C10H21N. The van der Waals surface area contributed by atoms with E-state index in [1.807, 2.05) is 0 Å². The van der Waals surface area contributed by atoms with Gasteiger partial charge >= 0.3 is 0 Å². The SMILES string of the molecule is CNC(C)C1CCC(C)(C)C1. The van der Waals surface area contributed by atoms with Crippen molar-refractivity contribution in [3.63, 3.8) is 0 Å². The summed E-state index contributed by atoms with van der Waals surface area (Å²) in [5.41, 5.74) is 0.607. The van der Waals surface area contributed by atoms with Crippen molar-refractivity contribution in [2.75, 3.05) is 7.05 Å². The summed E-state index contributed by atoms with van der Waals surface area (Å²) in [6, 6.07) is 0.705. The zero-order chi connectivity index (χ0) is 8.48. The molecule has 0 amide bonds. The van der Waals surface area contributed by atoms with Crippen molar-refractivity contribution in [1.29, 1.82) is 0 Å². The molecule has 1 aliphatic carbocycles. The topological polar surface area (TPSA) is 12.0 Å². The van der Waals surface area contributed by atoms with Crippen LogP contribution in [-0.4, -0.2) is 13.1 Å². The molecule has 0 bridgehead atoms. The van der Waals surface area contributed by atoms with Gasteiger partial charge in [-0.3, -0.25) is 0 Å². The summed E-state index contributed by atoms with van der Waals surface area (Å²) in [4.78, 5) is 0. The van der Waals surface area contributed by atoms with Gasteiger partial charge in [0.1, 0.15) is 0 Å². The minimum atomic E-state index is 0.607. The minimum Gasteiger partial charge on any atom is -0.317 e. The molecule has 0 aromatic rings. The molecule has 2 atom stereocenters. The van der Waals surface area contributed by atoms with Crippen LogP contribution in [0.15, 0.2) is 0 Å². The van der Waals surface area contributed by atoms with Gasteiger partial charge in [-0.1, -0.05) is 13.8 Å². The zero-order valence-electron chi connectivity index (χ0n) is 8.28. The number of rotatable bonds is 2. The number of nitrogens with one attached hydrogen (secondary N) is 1. The lowest BCUT2D eigenvalue weighted by atomic mass is 9.89. The zero-order valence-corrected chi connectivity index (χ0v) is 8.28. The third kappa shape index (κ3) is 2.19. The highest BCUT2D eigenvalue weighted by atomic mass is 14.9. The number of hydrogen-bond acceptors (Lipinski definition) is 1. The summed E-state index contributed by atoms with van der Waals surface area (Å²) >= 11 is 0. The van der Waals surface area contributed by atoms with Crippen molar-refractivity contribution in [3.8, 4) is 0 Å². The lowest BCUT2D eigenvalue weighted by Crippen LogP contribution is -2.29. The fraction of sp³-hybridized carbons (Fsp3) is 1.00. The van der Waals surface area contributed by atoms with E-state index in [0.717, 1.165) is 5.92 Å². The summed E-state index contributed by atoms with van der Waals surface area (Å²) in [6.07, 6.45) is 4.22. The molecule has 2 unspecified atom stereocenters. The summed E-state index contributed by atoms with van der Waals surface area (Å²) in [6.45, 7) is 7.07. The van der Waals surface area contributed by atoms with Gasteiger partial charge in [0.05, 0.1) is 0 Å². The summed E-state index contributed by atoms with van der Waals surface area (Å²) in [5.74, 6) is 0.912. The average Bonchev–Trinajstić information content (AvgIpc) is 2.29. The Kier molecular flexibility index (Phi) is 2.58. The normalized spacial score (nSPS) is 32.2. The van der Waals surface area contributed by atoms with E-state index in [9.17, 15) is 0 Å². The Bertz CT molecular complexity index is 129. The first-order valence-corrected chi connectivity index (χ1v) is 4.72. The fourth-order valence-electron chi connectivity index (χ4n) is 2.15. The molecule has 0 aromatic carbocycles. The molecule has 1 heteroatoms. The van der Waals surface area contributed by atoms with Gasteiger partial charge in [-0.2, -0.15) is 0 Å². The summed E-state index contributed by atoms with van der Waals surface area (Å²) in [5, 5.41) is 3.34. The van der Waals surface area contributed by atoms with Gasteiger partial charge in [-0.25, -0.2) is 0 Å². The molecule has 1 nitrogen and oxygen atoms in total. The van der Waals surface area contributed by atoms with Crippen molar-refractivity contribution >= 4 is 0 Å². The predicted molar refractivity (Wildman–Crippen MR) is 49.6 cm³/mol. The van der Waals surface area contributed by atoms with E-state index in [4.69, 9.17) is 0 Å². The highest BCUT2D eigenvalue weighted by molar-refractivity contribution is 4.86. The second kappa shape index (κ2) is 3.14. The first-order chi connectivity index (χ1) is 5.05. The van der Waals surface area contributed by atoms with Gasteiger partial charge in [0.25, 0.3) is 0 Å². The van der Waals surface area contributed by atoms with E-state index in [0.29, 0.717) is 11.5 Å². The molecule has 66 valence electrons. The van der Waals surface area contributed by atoms with E-state index in [1.54, 1.807) is 0 Å². The second-order valence-electron chi connectivity index (χ2n) is 4.74. The molecule has 0 aromatic heterocycles. The van der Waals surface area contributed by atoms with Crippen LogP contribution in [0.2, 0.25) is 0 Å². The molecule has 0 heterocycles. The smallest absolute Gasteiger partial charge is 0.00642 e. The Morgan fingerprint density at radius 1 is 1.45 bits per heavy atom. The van der Waals surface area contributed by atoms with Gasteiger partial charge in [0, 0.05) is 6.04 Å². The Labute approximate surface area is 70.6 Å². The first-order valence-electron chi connectivity index (χ1n) is 4.72. The largest absolute Gasteiger partial charge is 0.317 e. The first kappa shape index (κ1) is 9.05. The summed E-state index contributed by atoms with van der Waals surface area (Å²) < 4.78 is 0. The lowest BCUT2D eigenvalue weighted by Gasteiger charge is -2.21. The van der Waals surface area contributed by atoms with Gasteiger partial charge in [0.15, 0.2) is 0 Å².